The highest BCUT2D eigenvalue weighted by Crippen LogP contribution is 2.19. The topological polar surface area (TPSA) is 79.0 Å². The van der Waals surface area contributed by atoms with Crippen LogP contribution in [0.1, 0.15) is 32.1 Å². The lowest BCUT2D eigenvalue weighted by molar-refractivity contribution is -0.134. The first-order valence-corrected chi connectivity index (χ1v) is 11.6. The standard InChI is InChI=1S/C20H31N3O4S/c1-27-18-7-9-19(10-8-18)28(25,26)21-14-17-6-5-13-23(15-17)20(24)16-22-11-3-2-4-12-22/h7-10,17,21H,2-6,11-16H2,1H3/t17-/m0/s1. The van der Waals surface area contributed by atoms with E-state index in [2.05, 4.69) is 9.62 Å². The lowest BCUT2D eigenvalue weighted by Crippen LogP contribution is -2.47. The fourth-order valence-electron chi connectivity index (χ4n) is 3.93. The monoisotopic (exact) mass is 409 g/mol. The predicted octanol–water partition coefficient (Wildman–Crippen LogP) is 1.70. The second-order valence-corrected chi connectivity index (χ2v) is 9.48. The predicted molar refractivity (Wildman–Crippen MR) is 108 cm³/mol. The Balaban J connectivity index is 1.50. The molecule has 0 unspecified atom stereocenters. The average Bonchev–Trinajstić information content (AvgIpc) is 2.73. The van der Waals surface area contributed by atoms with Gasteiger partial charge in [0.15, 0.2) is 0 Å². The summed E-state index contributed by atoms with van der Waals surface area (Å²) in [6.07, 6.45) is 5.44. The third-order valence-electron chi connectivity index (χ3n) is 5.61. The van der Waals surface area contributed by atoms with Gasteiger partial charge < -0.3 is 9.64 Å². The second kappa shape index (κ2) is 9.71. The first-order valence-electron chi connectivity index (χ1n) is 10.1. The van der Waals surface area contributed by atoms with Gasteiger partial charge in [-0.1, -0.05) is 6.42 Å². The third-order valence-corrected chi connectivity index (χ3v) is 7.05. The highest BCUT2D eigenvalue weighted by atomic mass is 32.2. The number of piperidine rings is 2. The Hall–Kier alpha value is -1.64. The van der Waals surface area contributed by atoms with Gasteiger partial charge >= 0.3 is 0 Å². The van der Waals surface area contributed by atoms with Crippen LogP contribution in [0, 0.1) is 5.92 Å². The summed E-state index contributed by atoms with van der Waals surface area (Å²) in [6.45, 7) is 4.24. The van der Waals surface area contributed by atoms with E-state index in [1.54, 1.807) is 19.2 Å². The van der Waals surface area contributed by atoms with E-state index in [1.807, 2.05) is 4.90 Å². The Kier molecular flexibility index (Phi) is 7.31. The van der Waals surface area contributed by atoms with E-state index in [4.69, 9.17) is 4.74 Å². The molecule has 0 aliphatic carbocycles. The summed E-state index contributed by atoms with van der Waals surface area (Å²) in [4.78, 5) is 17.0. The van der Waals surface area contributed by atoms with Gasteiger partial charge in [-0.25, -0.2) is 13.1 Å². The molecule has 8 heteroatoms. The van der Waals surface area contributed by atoms with E-state index < -0.39 is 10.0 Å². The van der Waals surface area contributed by atoms with Gasteiger partial charge in [0.1, 0.15) is 5.75 Å². The minimum atomic E-state index is -3.56. The zero-order valence-corrected chi connectivity index (χ0v) is 17.4. The van der Waals surface area contributed by atoms with E-state index in [0.717, 1.165) is 32.5 Å². The van der Waals surface area contributed by atoms with Gasteiger partial charge in [0.05, 0.1) is 18.6 Å². The van der Waals surface area contributed by atoms with Crippen LogP contribution in [-0.2, 0) is 14.8 Å². The maximum atomic E-state index is 12.6. The van der Waals surface area contributed by atoms with Crippen molar-refractivity contribution in [3.8, 4) is 5.75 Å². The van der Waals surface area contributed by atoms with Crippen molar-refractivity contribution in [2.24, 2.45) is 5.92 Å². The molecule has 28 heavy (non-hydrogen) atoms. The summed E-state index contributed by atoms with van der Waals surface area (Å²) >= 11 is 0. The zero-order chi connectivity index (χ0) is 20.0. The number of hydrogen-bond donors (Lipinski definition) is 1. The molecule has 2 fully saturated rings. The highest BCUT2D eigenvalue weighted by molar-refractivity contribution is 7.89. The van der Waals surface area contributed by atoms with Crippen LogP contribution in [0.25, 0.3) is 0 Å². The molecular weight excluding hydrogens is 378 g/mol. The van der Waals surface area contributed by atoms with Crippen molar-refractivity contribution in [2.45, 2.75) is 37.0 Å². The number of nitrogens with one attached hydrogen (secondary N) is 1. The Labute approximate surface area is 168 Å². The van der Waals surface area contributed by atoms with E-state index in [0.29, 0.717) is 25.4 Å². The number of hydrogen-bond acceptors (Lipinski definition) is 5. The lowest BCUT2D eigenvalue weighted by atomic mass is 9.98. The van der Waals surface area contributed by atoms with Crippen molar-refractivity contribution in [1.82, 2.24) is 14.5 Å². The van der Waals surface area contributed by atoms with Crippen LogP contribution in [0.2, 0.25) is 0 Å². The van der Waals surface area contributed by atoms with Crippen LogP contribution in [0.15, 0.2) is 29.2 Å². The number of methoxy groups -OCH3 is 1. The van der Waals surface area contributed by atoms with E-state index in [1.165, 1.54) is 31.4 Å². The van der Waals surface area contributed by atoms with Crippen molar-refractivity contribution in [2.75, 3.05) is 46.4 Å². The number of amides is 1. The Morgan fingerprint density at radius 3 is 2.50 bits per heavy atom. The molecule has 2 heterocycles. The molecule has 0 saturated carbocycles. The fraction of sp³-hybridized carbons (Fsp3) is 0.650. The third kappa shape index (κ3) is 5.68. The van der Waals surface area contributed by atoms with Crippen LogP contribution in [0.3, 0.4) is 0 Å². The molecule has 1 aromatic rings. The van der Waals surface area contributed by atoms with Crippen molar-refractivity contribution >= 4 is 15.9 Å². The number of nitrogens with zero attached hydrogens (tertiary/aromatic N) is 2. The summed E-state index contributed by atoms with van der Waals surface area (Å²) < 4.78 is 32.8. The van der Waals surface area contributed by atoms with Crippen LogP contribution in [-0.4, -0.2) is 70.5 Å². The molecule has 0 spiro atoms. The highest BCUT2D eigenvalue weighted by Gasteiger charge is 2.26. The first kappa shape index (κ1) is 21.1. The zero-order valence-electron chi connectivity index (χ0n) is 16.6. The lowest BCUT2D eigenvalue weighted by Gasteiger charge is -2.35. The molecule has 2 saturated heterocycles. The largest absolute Gasteiger partial charge is 0.497 e. The average molecular weight is 410 g/mol. The quantitative estimate of drug-likeness (QED) is 0.742. The minimum absolute atomic E-state index is 0.145. The molecule has 2 aliphatic rings. The number of rotatable bonds is 7. The van der Waals surface area contributed by atoms with Gasteiger partial charge in [0.25, 0.3) is 0 Å². The van der Waals surface area contributed by atoms with Crippen LogP contribution in [0.5, 0.6) is 5.75 Å². The smallest absolute Gasteiger partial charge is 0.240 e. The number of benzene rings is 1. The van der Waals surface area contributed by atoms with Crippen molar-refractivity contribution in [3.63, 3.8) is 0 Å². The van der Waals surface area contributed by atoms with E-state index >= 15 is 0 Å². The number of sulfonamides is 1. The van der Waals surface area contributed by atoms with Gasteiger partial charge in [-0.3, -0.25) is 9.69 Å². The van der Waals surface area contributed by atoms with Gasteiger partial charge in [0.2, 0.25) is 15.9 Å². The summed E-state index contributed by atoms with van der Waals surface area (Å²) in [7, 11) is -2.02. The SMILES string of the molecule is COc1ccc(S(=O)(=O)NC[C@@H]2CCCN(C(=O)CN3CCCCC3)C2)cc1. The minimum Gasteiger partial charge on any atom is -0.497 e. The van der Waals surface area contributed by atoms with E-state index in [9.17, 15) is 13.2 Å². The fourth-order valence-corrected chi connectivity index (χ4v) is 5.05. The summed E-state index contributed by atoms with van der Waals surface area (Å²) in [5.74, 6) is 0.936. The number of ether oxygens (including phenoxy) is 1. The Morgan fingerprint density at radius 2 is 1.82 bits per heavy atom. The molecule has 1 amide bonds. The molecule has 1 aromatic carbocycles. The molecule has 0 radical (unpaired) electrons. The van der Waals surface area contributed by atoms with Gasteiger partial charge in [0, 0.05) is 19.6 Å². The van der Waals surface area contributed by atoms with Crippen LogP contribution in [0.4, 0.5) is 0 Å². The van der Waals surface area contributed by atoms with E-state index in [-0.39, 0.29) is 16.7 Å². The van der Waals surface area contributed by atoms with Crippen molar-refractivity contribution in [1.29, 1.82) is 0 Å². The van der Waals surface area contributed by atoms with Crippen LogP contribution >= 0.6 is 0 Å². The number of carbonyl (C=O) groups excluding carboxylic acids is 1. The maximum Gasteiger partial charge on any atom is 0.240 e. The normalized spacial score (nSPS) is 21.5. The van der Waals surface area contributed by atoms with Gasteiger partial charge in [-0.2, -0.15) is 0 Å². The molecule has 156 valence electrons. The molecule has 1 atom stereocenters. The molecule has 7 nitrogen and oxygen atoms in total. The summed E-state index contributed by atoms with van der Waals surface area (Å²) in [6, 6.07) is 6.35. The molecule has 3 rings (SSSR count). The second-order valence-electron chi connectivity index (χ2n) is 7.71. The summed E-state index contributed by atoms with van der Waals surface area (Å²) in [5.41, 5.74) is 0. The maximum absolute atomic E-state index is 12.6. The van der Waals surface area contributed by atoms with Crippen molar-refractivity contribution in [3.05, 3.63) is 24.3 Å². The molecule has 2 aliphatic heterocycles. The van der Waals surface area contributed by atoms with Gasteiger partial charge in [-0.05, 0) is 69.0 Å². The first-order chi connectivity index (χ1) is 13.5. The van der Waals surface area contributed by atoms with Crippen molar-refractivity contribution < 1.29 is 17.9 Å². The Bertz CT molecular complexity index is 745. The summed E-state index contributed by atoms with van der Waals surface area (Å²) in [5, 5.41) is 0. The molecular formula is C20H31N3O4S. The molecule has 1 N–H and O–H groups in total. The Morgan fingerprint density at radius 1 is 1.11 bits per heavy atom. The van der Waals surface area contributed by atoms with Gasteiger partial charge in [-0.15, -0.1) is 0 Å². The number of carbonyl (C=O) groups is 1. The van der Waals surface area contributed by atoms with Crippen LogP contribution < -0.4 is 9.46 Å². The number of likely N-dealkylation sites (tertiary alicyclic amines) is 2. The molecule has 0 aromatic heterocycles. The molecule has 0 bridgehead atoms.